The highest BCUT2D eigenvalue weighted by Gasteiger charge is 2.27. The number of Topliss-reactive ketones (excluding diaryl/α,β-unsaturated/α-hetero) is 1. The van der Waals surface area contributed by atoms with E-state index in [9.17, 15) is 4.79 Å². The Kier molecular flexibility index (Phi) is 3.03. The molecule has 20 heavy (non-hydrogen) atoms. The smallest absolute Gasteiger partial charge is 0.231 e. The van der Waals surface area contributed by atoms with Gasteiger partial charge in [-0.2, -0.15) is 0 Å². The number of ketones is 1. The van der Waals surface area contributed by atoms with E-state index in [4.69, 9.17) is 9.47 Å². The van der Waals surface area contributed by atoms with E-state index < -0.39 is 0 Å². The molecule has 3 nitrogen and oxygen atoms in total. The molecule has 2 aromatic rings. The van der Waals surface area contributed by atoms with E-state index in [0.29, 0.717) is 22.8 Å². The molecule has 100 valence electrons. The van der Waals surface area contributed by atoms with Crippen LogP contribution in [0.4, 0.5) is 0 Å². The second-order valence-corrected chi connectivity index (χ2v) is 4.71. The van der Waals surface area contributed by atoms with Gasteiger partial charge in [0.05, 0.1) is 12.7 Å². The molecule has 0 fully saturated rings. The third kappa shape index (κ3) is 2.18. The van der Waals surface area contributed by atoms with Gasteiger partial charge in [0.25, 0.3) is 0 Å². The Morgan fingerprint density at radius 2 is 1.85 bits per heavy atom. The van der Waals surface area contributed by atoms with Crippen molar-refractivity contribution in [1.29, 1.82) is 0 Å². The van der Waals surface area contributed by atoms with Gasteiger partial charge >= 0.3 is 0 Å². The van der Waals surface area contributed by atoms with Gasteiger partial charge in [0.1, 0.15) is 11.5 Å². The van der Waals surface area contributed by atoms with E-state index in [1.165, 1.54) is 5.56 Å². The van der Waals surface area contributed by atoms with Gasteiger partial charge in [-0.3, -0.25) is 4.79 Å². The van der Waals surface area contributed by atoms with Gasteiger partial charge < -0.3 is 9.47 Å². The van der Waals surface area contributed by atoms with Gasteiger partial charge in [-0.1, -0.05) is 29.8 Å². The molecule has 0 saturated carbocycles. The fourth-order valence-corrected chi connectivity index (χ4v) is 2.11. The average Bonchev–Trinajstić information content (AvgIpc) is 2.77. The van der Waals surface area contributed by atoms with Crippen molar-refractivity contribution < 1.29 is 14.3 Å². The number of fused-ring (bicyclic) bond motifs is 1. The maximum Gasteiger partial charge on any atom is 0.231 e. The highest BCUT2D eigenvalue weighted by atomic mass is 16.5. The lowest BCUT2D eigenvalue weighted by atomic mass is 10.1. The first-order valence-corrected chi connectivity index (χ1v) is 6.36. The van der Waals surface area contributed by atoms with Crippen LogP contribution in [0.15, 0.2) is 48.2 Å². The van der Waals surface area contributed by atoms with Crippen LogP contribution in [0.2, 0.25) is 0 Å². The summed E-state index contributed by atoms with van der Waals surface area (Å²) in [5.41, 5.74) is 2.70. The minimum Gasteiger partial charge on any atom is -0.497 e. The van der Waals surface area contributed by atoms with Crippen LogP contribution in [0.3, 0.4) is 0 Å². The standard InChI is InChI=1S/C17H14O3/c1-11-3-5-12(6-4-11)9-16-17(18)14-8-7-13(19-2)10-15(14)20-16/h3-10H,1-2H3/b16-9-. The minimum atomic E-state index is -0.0942. The van der Waals surface area contributed by atoms with Gasteiger partial charge in [0.2, 0.25) is 5.78 Å². The van der Waals surface area contributed by atoms with Gasteiger partial charge in [-0.15, -0.1) is 0 Å². The zero-order valence-electron chi connectivity index (χ0n) is 11.3. The summed E-state index contributed by atoms with van der Waals surface area (Å²) in [4.78, 5) is 12.2. The molecular formula is C17H14O3. The van der Waals surface area contributed by atoms with Crippen molar-refractivity contribution in [3.05, 3.63) is 64.9 Å². The Labute approximate surface area is 117 Å². The molecule has 0 radical (unpaired) electrons. The fraction of sp³-hybridized carbons (Fsp3) is 0.118. The molecule has 0 atom stereocenters. The molecular weight excluding hydrogens is 252 g/mol. The molecule has 0 amide bonds. The lowest BCUT2D eigenvalue weighted by molar-refractivity contribution is 0.101. The van der Waals surface area contributed by atoms with Crippen LogP contribution >= 0.6 is 0 Å². The largest absolute Gasteiger partial charge is 0.497 e. The molecule has 3 heteroatoms. The fourth-order valence-electron chi connectivity index (χ4n) is 2.11. The molecule has 2 aromatic carbocycles. The van der Waals surface area contributed by atoms with Crippen LogP contribution in [0.5, 0.6) is 11.5 Å². The topological polar surface area (TPSA) is 35.5 Å². The van der Waals surface area contributed by atoms with Crippen molar-refractivity contribution in [3.63, 3.8) is 0 Å². The molecule has 0 unspecified atom stereocenters. The van der Waals surface area contributed by atoms with E-state index in [0.717, 1.165) is 5.56 Å². The molecule has 1 aliphatic heterocycles. The molecule has 0 aliphatic carbocycles. The van der Waals surface area contributed by atoms with E-state index in [-0.39, 0.29) is 5.78 Å². The normalized spacial score (nSPS) is 15.1. The second-order valence-electron chi connectivity index (χ2n) is 4.71. The van der Waals surface area contributed by atoms with Crippen LogP contribution in [0.1, 0.15) is 21.5 Å². The Bertz CT molecular complexity index is 697. The number of hydrogen-bond donors (Lipinski definition) is 0. The molecule has 0 saturated heterocycles. The Hall–Kier alpha value is -2.55. The maximum absolute atomic E-state index is 12.2. The van der Waals surface area contributed by atoms with Crippen molar-refractivity contribution in [1.82, 2.24) is 0 Å². The first-order valence-electron chi connectivity index (χ1n) is 6.36. The molecule has 1 aliphatic rings. The summed E-state index contributed by atoms with van der Waals surface area (Å²) >= 11 is 0. The number of ether oxygens (including phenoxy) is 2. The lowest BCUT2D eigenvalue weighted by Gasteiger charge is -2.01. The van der Waals surface area contributed by atoms with Crippen molar-refractivity contribution >= 4 is 11.9 Å². The molecule has 0 aromatic heterocycles. The number of rotatable bonds is 2. The summed E-state index contributed by atoms with van der Waals surface area (Å²) in [6.07, 6.45) is 1.76. The summed E-state index contributed by atoms with van der Waals surface area (Å²) < 4.78 is 10.8. The first-order chi connectivity index (χ1) is 9.67. The van der Waals surface area contributed by atoms with Gasteiger partial charge in [-0.25, -0.2) is 0 Å². The summed E-state index contributed by atoms with van der Waals surface area (Å²) in [5.74, 6) is 1.47. The van der Waals surface area contributed by atoms with E-state index in [1.807, 2.05) is 31.2 Å². The maximum atomic E-state index is 12.2. The second kappa shape index (κ2) is 4.85. The van der Waals surface area contributed by atoms with Gasteiger partial charge in [0.15, 0.2) is 5.76 Å². The number of methoxy groups -OCH3 is 1. The first kappa shape index (κ1) is 12.5. The molecule has 0 N–H and O–H groups in total. The van der Waals surface area contributed by atoms with Crippen molar-refractivity contribution in [2.75, 3.05) is 7.11 Å². The number of carbonyl (C=O) groups is 1. The number of benzene rings is 2. The van der Waals surface area contributed by atoms with Crippen molar-refractivity contribution in [2.45, 2.75) is 6.92 Å². The predicted octanol–water partition coefficient (Wildman–Crippen LogP) is 3.62. The molecule has 0 bridgehead atoms. The van der Waals surface area contributed by atoms with Crippen molar-refractivity contribution in [2.24, 2.45) is 0 Å². The Morgan fingerprint density at radius 1 is 1.10 bits per heavy atom. The summed E-state index contributed by atoms with van der Waals surface area (Å²) in [6, 6.07) is 13.1. The quantitative estimate of drug-likeness (QED) is 0.779. The Balaban J connectivity index is 1.94. The summed E-state index contributed by atoms with van der Waals surface area (Å²) in [6.45, 7) is 2.02. The number of hydrogen-bond acceptors (Lipinski definition) is 3. The van der Waals surface area contributed by atoms with E-state index >= 15 is 0 Å². The zero-order chi connectivity index (χ0) is 14.1. The zero-order valence-corrected chi connectivity index (χ0v) is 11.3. The third-order valence-corrected chi connectivity index (χ3v) is 3.25. The highest BCUT2D eigenvalue weighted by Crippen LogP contribution is 2.34. The third-order valence-electron chi connectivity index (χ3n) is 3.25. The van der Waals surface area contributed by atoms with Crippen LogP contribution in [0, 0.1) is 6.92 Å². The van der Waals surface area contributed by atoms with E-state index in [1.54, 1.807) is 31.4 Å². The predicted molar refractivity (Wildman–Crippen MR) is 77.1 cm³/mol. The summed E-state index contributed by atoms with van der Waals surface area (Å²) in [5, 5.41) is 0. The van der Waals surface area contributed by atoms with E-state index in [2.05, 4.69) is 0 Å². The SMILES string of the molecule is COc1ccc2c(c1)O/C(=C\c1ccc(C)cc1)C2=O. The van der Waals surface area contributed by atoms with Crippen LogP contribution in [-0.2, 0) is 0 Å². The van der Waals surface area contributed by atoms with Crippen LogP contribution in [-0.4, -0.2) is 12.9 Å². The summed E-state index contributed by atoms with van der Waals surface area (Å²) in [7, 11) is 1.58. The number of aryl methyl sites for hydroxylation is 1. The highest BCUT2D eigenvalue weighted by molar-refractivity contribution is 6.14. The molecule has 1 heterocycles. The van der Waals surface area contributed by atoms with Crippen LogP contribution in [0.25, 0.3) is 6.08 Å². The Morgan fingerprint density at radius 3 is 2.55 bits per heavy atom. The van der Waals surface area contributed by atoms with Crippen molar-refractivity contribution in [3.8, 4) is 11.5 Å². The minimum absolute atomic E-state index is 0.0942. The number of carbonyl (C=O) groups excluding carboxylic acids is 1. The molecule has 0 spiro atoms. The number of allylic oxidation sites excluding steroid dienone is 1. The van der Waals surface area contributed by atoms with Gasteiger partial charge in [-0.05, 0) is 30.7 Å². The lowest BCUT2D eigenvalue weighted by Crippen LogP contribution is -1.97. The van der Waals surface area contributed by atoms with Gasteiger partial charge in [0, 0.05) is 6.07 Å². The molecule has 3 rings (SSSR count). The average molecular weight is 266 g/mol. The van der Waals surface area contributed by atoms with Crippen LogP contribution < -0.4 is 9.47 Å². The monoisotopic (exact) mass is 266 g/mol.